The van der Waals surface area contributed by atoms with Gasteiger partial charge in [-0.05, 0) is 42.5 Å². The summed E-state index contributed by atoms with van der Waals surface area (Å²) in [5.74, 6) is -0.443. The van der Waals surface area contributed by atoms with Crippen molar-refractivity contribution in [2.24, 2.45) is 0 Å². The highest BCUT2D eigenvalue weighted by atomic mass is 35.5. The van der Waals surface area contributed by atoms with E-state index in [1.165, 1.54) is 25.2 Å². The van der Waals surface area contributed by atoms with Crippen LogP contribution in [0.2, 0.25) is 5.02 Å². The van der Waals surface area contributed by atoms with Crippen LogP contribution in [0.25, 0.3) is 11.5 Å². The van der Waals surface area contributed by atoms with Gasteiger partial charge in [-0.1, -0.05) is 48.0 Å². The molecule has 0 aliphatic rings. The molecule has 0 amide bonds. The van der Waals surface area contributed by atoms with Crippen LogP contribution in [0.15, 0.2) is 88.2 Å². The number of hydrogen-bond donors (Lipinski definition) is 0. The van der Waals surface area contributed by atoms with Crippen LogP contribution in [0, 0.1) is 0 Å². The lowest BCUT2D eigenvalue weighted by atomic mass is 10.2. The van der Waals surface area contributed by atoms with E-state index in [1.54, 1.807) is 30.3 Å². The van der Waals surface area contributed by atoms with E-state index >= 15 is 0 Å². The third-order valence-corrected chi connectivity index (χ3v) is 6.86. The van der Waals surface area contributed by atoms with Crippen molar-refractivity contribution in [1.29, 1.82) is 0 Å². The van der Waals surface area contributed by atoms with Crippen LogP contribution in [0.1, 0.15) is 16.2 Å². The van der Waals surface area contributed by atoms with Crippen molar-refractivity contribution in [1.82, 2.24) is 10.2 Å². The second kappa shape index (κ2) is 9.43. The number of benzene rings is 3. The van der Waals surface area contributed by atoms with Gasteiger partial charge in [0, 0.05) is 12.6 Å². The van der Waals surface area contributed by atoms with Gasteiger partial charge in [-0.3, -0.25) is 4.31 Å². The molecule has 4 aromatic rings. The molecule has 0 aliphatic carbocycles. The number of para-hydroxylation sites is 1. The lowest BCUT2D eigenvalue weighted by Crippen LogP contribution is -2.26. The minimum Gasteiger partial charge on any atom is -0.452 e. The topological polar surface area (TPSA) is 103 Å². The number of esters is 1. The van der Waals surface area contributed by atoms with Gasteiger partial charge >= 0.3 is 5.97 Å². The van der Waals surface area contributed by atoms with Crippen LogP contribution in [0.5, 0.6) is 0 Å². The van der Waals surface area contributed by atoms with Crippen molar-refractivity contribution in [2.75, 3.05) is 11.4 Å². The number of carbonyl (C=O) groups is 1. The molecule has 168 valence electrons. The zero-order valence-electron chi connectivity index (χ0n) is 17.4. The summed E-state index contributed by atoms with van der Waals surface area (Å²) < 4.78 is 37.9. The first-order chi connectivity index (χ1) is 15.9. The molecule has 33 heavy (non-hydrogen) atoms. The molecular weight excluding hydrogens is 466 g/mol. The second-order valence-electron chi connectivity index (χ2n) is 6.89. The quantitative estimate of drug-likeness (QED) is 0.354. The van der Waals surface area contributed by atoms with Gasteiger partial charge in [0.15, 0.2) is 6.61 Å². The average Bonchev–Trinajstić information content (AvgIpc) is 3.32. The Morgan fingerprint density at radius 1 is 1.00 bits per heavy atom. The van der Waals surface area contributed by atoms with E-state index in [0.29, 0.717) is 5.69 Å². The fraction of sp³-hybridized carbons (Fsp3) is 0.0870. The molecule has 1 heterocycles. The monoisotopic (exact) mass is 483 g/mol. The number of nitrogens with zero attached hydrogens (tertiary/aromatic N) is 3. The molecule has 1 aromatic heterocycles. The summed E-state index contributed by atoms with van der Waals surface area (Å²) in [5.41, 5.74) is 1.11. The lowest BCUT2D eigenvalue weighted by Gasteiger charge is -2.20. The Morgan fingerprint density at radius 3 is 2.36 bits per heavy atom. The molecule has 0 bridgehead atoms. The van der Waals surface area contributed by atoms with Crippen LogP contribution in [-0.2, 0) is 21.4 Å². The minimum atomic E-state index is -3.93. The standard InChI is InChI=1S/C23H18ClN3O5S/c1-27(17-10-6-3-7-11-17)33(29,30)18-12-13-20(24)19(14-18)23(28)31-15-21-25-26-22(32-21)16-8-4-2-5-9-16/h2-14H,15H2,1H3. The zero-order valence-corrected chi connectivity index (χ0v) is 19.0. The Bertz CT molecular complexity index is 1380. The molecule has 3 aromatic carbocycles. The largest absolute Gasteiger partial charge is 0.452 e. The van der Waals surface area contributed by atoms with E-state index in [2.05, 4.69) is 10.2 Å². The summed E-state index contributed by atoms with van der Waals surface area (Å²) in [4.78, 5) is 12.5. The first kappa shape index (κ1) is 22.5. The highest BCUT2D eigenvalue weighted by Gasteiger charge is 2.24. The van der Waals surface area contributed by atoms with E-state index in [9.17, 15) is 13.2 Å². The number of ether oxygens (including phenoxy) is 1. The predicted octanol–water partition coefficient (Wildman–Crippen LogP) is 4.57. The van der Waals surface area contributed by atoms with Crippen molar-refractivity contribution in [3.8, 4) is 11.5 Å². The minimum absolute atomic E-state index is 0.0526. The van der Waals surface area contributed by atoms with E-state index in [1.807, 2.05) is 30.3 Å². The Kier molecular flexibility index (Phi) is 6.43. The zero-order chi connectivity index (χ0) is 23.4. The van der Waals surface area contributed by atoms with Gasteiger partial charge in [0.1, 0.15) is 0 Å². The van der Waals surface area contributed by atoms with Gasteiger partial charge in [-0.25, -0.2) is 13.2 Å². The van der Waals surface area contributed by atoms with Gasteiger partial charge in [0.25, 0.3) is 15.9 Å². The molecule has 0 spiro atoms. The molecule has 0 unspecified atom stereocenters. The van der Waals surface area contributed by atoms with Gasteiger partial charge in [-0.15, -0.1) is 10.2 Å². The van der Waals surface area contributed by atoms with Crippen molar-refractivity contribution in [3.05, 3.63) is 95.3 Å². The third-order valence-electron chi connectivity index (χ3n) is 4.75. The van der Waals surface area contributed by atoms with Crippen LogP contribution in [0.4, 0.5) is 5.69 Å². The molecule has 0 aliphatic heterocycles. The number of anilines is 1. The second-order valence-corrected chi connectivity index (χ2v) is 9.27. The summed E-state index contributed by atoms with van der Waals surface area (Å²) in [6, 6.07) is 21.6. The maximum atomic E-state index is 13.0. The fourth-order valence-corrected chi connectivity index (χ4v) is 4.39. The Morgan fingerprint density at radius 2 is 1.67 bits per heavy atom. The van der Waals surface area contributed by atoms with E-state index in [-0.39, 0.29) is 33.9 Å². The van der Waals surface area contributed by atoms with E-state index in [0.717, 1.165) is 9.87 Å². The van der Waals surface area contributed by atoms with Gasteiger partial charge < -0.3 is 9.15 Å². The molecule has 0 fully saturated rings. The number of halogens is 1. The molecule has 0 saturated carbocycles. The van der Waals surface area contributed by atoms with Crippen LogP contribution >= 0.6 is 11.6 Å². The van der Waals surface area contributed by atoms with E-state index in [4.69, 9.17) is 20.8 Å². The average molecular weight is 484 g/mol. The van der Waals surface area contributed by atoms with Gasteiger partial charge in [-0.2, -0.15) is 0 Å². The van der Waals surface area contributed by atoms with Crippen molar-refractivity contribution >= 4 is 33.3 Å². The molecule has 8 nitrogen and oxygen atoms in total. The van der Waals surface area contributed by atoms with Crippen molar-refractivity contribution < 1.29 is 22.4 Å². The summed E-state index contributed by atoms with van der Waals surface area (Å²) >= 11 is 6.14. The molecular formula is C23H18ClN3O5S. The normalized spacial score (nSPS) is 11.2. The number of aromatic nitrogens is 2. The van der Waals surface area contributed by atoms with Gasteiger partial charge in [0.2, 0.25) is 5.89 Å². The Labute approximate surface area is 195 Å². The molecule has 0 saturated heterocycles. The van der Waals surface area contributed by atoms with Gasteiger partial charge in [0.05, 0.1) is 21.2 Å². The van der Waals surface area contributed by atoms with E-state index < -0.39 is 16.0 Å². The summed E-state index contributed by atoms with van der Waals surface area (Å²) in [6.07, 6.45) is 0. The highest BCUT2D eigenvalue weighted by Crippen LogP contribution is 2.26. The predicted molar refractivity (Wildman–Crippen MR) is 122 cm³/mol. The molecule has 4 rings (SSSR count). The first-order valence-electron chi connectivity index (χ1n) is 9.75. The smallest absolute Gasteiger partial charge is 0.340 e. The van der Waals surface area contributed by atoms with Crippen molar-refractivity contribution in [3.63, 3.8) is 0 Å². The lowest BCUT2D eigenvalue weighted by molar-refractivity contribution is 0.0438. The number of rotatable bonds is 7. The highest BCUT2D eigenvalue weighted by molar-refractivity contribution is 7.92. The maximum Gasteiger partial charge on any atom is 0.340 e. The van der Waals surface area contributed by atoms with Crippen molar-refractivity contribution in [2.45, 2.75) is 11.5 Å². The SMILES string of the molecule is CN(c1ccccc1)S(=O)(=O)c1ccc(Cl)c(C(=O)OCc2nnc(-c3ccccc3)o2)c1. The molecule has 0 atom stereocenters. The number of hydrogen-bond acceptors (Lipinski definition) is 7. The van der Waals surface area contributed by atoms with Crippen LogP contribution in [-0.4, -0.2) is 31.6 Å². The maximum absolute atomic E-state index is 13.0. The van der Waals surface area contributed by atoms with Crippen LogP contribution < -0.4 is 4.31 Å². The molecule has 0 N–H and O–H groups in total. The molecule has 10 heteroatoms. The Hall–Kier alpha value is -3.69. The molecule has 0 radical (unpaired) electrons. The summed E-state index contributed by atoms with van der Waals surface area (Å²) in [6.45, 7) is -0.296. The number of sulfonamides is 1. The Balaban J connectivity index is 1.51. The third kappa shape index (κ3) is 4.89. The summed E-state index contributed by atoms with van der Waals surface area (Å²) in [5, 5.41) is 7.85. The summed E-state index contributed by atoms with van der Waals surface area (Å²) in [7, 11) is -2.51. The van der Waals surface area contributed by atoms with Crippen LogP contribution in [0.3, 0.4) is 0 Å². The number of carbonyl (C=O) groups excluding carboxylic acids is 1. The fourth-order valence-electron chi connectivity index (χ4n) is 2.97. The first-order valence-corrected chi connectivity index (χ1v) is 11.6.